The number of hydrogen-bond acceptors (Lipinski definition) is 4. The summed E-state index contributed by atoms with van der Waals surface area (Å²) in [4.78, 5) is 36.2. The van der Waals surface area contributed by atoms with E-state index >= 15 is 0 Å². The quantitative estimate of drug-likeness (QED) is 0.902. The van der Waals surface area contributed by atoms with Crippen LogP contribution in [0.5, 0.6) is 0 Å². The highest BCUT2D eigenvalue weighted by Crippen LogP contribution is 2.38. The summed E-state index contributed by atoms with van der Waals surface area (Å²) in [5.41, 5.74) is 0.961. The van der Waals surface area contributed by atoms with Gasteiger partial charge in [0.15, 0.2) is 5.82 Å². The van der Waals surface area contributed by atoms with Gasteiger partial charge in [0, 0.05) is 38.6 Å². The Balaban J connectivity index is 1.48. The summed E-state index contributed by atoms with van der Waals surface area (Å²) in [5, 5.41) is 0. The molecule has 0 radical (unpaired) electrons. The maximum atomic E-state index is 13.4. The summed E-state index contributed by atoms with van der Waals surface area (Å²) in [6.45, 7) is 2.53. The normalized spacial score (nSPS) is 19.3. The standard InChI is InChI=1S/C21H26N4O2/c26-20-19(22-10-11-23-20)24-12-14-25(15-13-24)21(27)18(17-8-4-5-9-17)16-6-2-1-3-7-16/h1-3,6-7,10-11,17-18H,4-5,8-9,12-15H2,(H,23,26). The van der Waals surface area contributed by atoms with Crippen LogP contribution < -0.4 is 10.5 Å². The van der Waals surface area contributed by atoms with E-state index in [1.54, 1.807) is 6.20 Å². The maximum absolute atomic E-state index is 13.4. The second-order valence-electron chi connectivity index (χ2n) is 7.49. The maximum Gasteiger partial charge on any atom is 0.290 e. The third-order valence-corrected chi connectivity index (χ3v) is 5.88. The molecule has 2 heterocycles. The van der Waals surface area contributed by atoms with Crippen LogP contribution in [0.4, 0.5) is 5.82 Å². The fourth-order valence-corrected chi connectivity index (χ4v) is 4.47. The van der Waals surface area contributed by atoms with Gasteiger partial charge < -0.3 is 14.8 Å². The van der Waals surface area contributed by atoms with Crippen molar-refractivity contribution < 1.29 is 4.79 Å². The molecule has 6 heteroatoms. The molecule has 1 aliphatic heterocycles. The fourth-order valence-electron chi connectivity index (χ4n) is 4.47. The van der Waals surface area contributed by atoms with Gasteiger partial charge in [0.05, 0.1) is 5.92 Å². The van der Waals surface area contributed by atoms with Crippen molar-refractivity contribution in [1.29, 1.82) is 0 Å². The minimum Gasteiger partial charge on any atom is -0.348 e. The summed E-state index contributed by atoms with van der Waals surface area (Å²) in [7, 11) is 0. The van der Waals surface area contributed by atoms with Gasteiger partial charge in [-0.05, 0) is 24.3 Å². The topological polar surface area (TPSA) is 69.3 Å². The molecule has 0 spiro atoms. The SMILES string of the molecule is O=C(C(c1ccccc1)C1CCCC1)N1CCN(c2ncc[nH]c2=O)CC1. The number of benzene rings is 1. The number of rotatable bonds is 4. The van der Waals surface area contributed by atoms with Gasteiger partial charge in [0.2, 0.25) is 5.91 Å². The van der Waals surface area contributed by atoms with Gasteiger partial charge in [-0.3, -0.25) is 9.59 Å². The molecule has 2 aromatic rings. The van der Waals surface area contributed by atoms with Crippen molar-refractivity contribution in [2.75, 3.05) is 31.1 Å². The monoisotopic (exact) mass is 366 g/mol. The molecule has 2 aliphatic rings. The first-order valence-electron chi connectivity index (χ1n) is 9.86. The van der Waals surface area contributed by atoms with Gasteiger partial charge in [0.25, 0.3) is 5.56 Å². The molecule has 1 aromatic heterocycles. The molecular weight excluding hydrogens is 340 g/mol. The van der Waals surface area contributed by atoms with Crippen molar-refractivity contribution >= 4 is 11.7 Å². The number of piperazine rings is 1. The van der Waals surface area contributed by atoms with Crippen LogP contribution >= 0.6 is 0 Å². The van der Waals surface area contributed by atoms with E-state index < -0.39 is 0 Å². The Morgan fingerprint density at radius 2 is 1.78 bits per heavy atom. The molecule has 1 atom stereocenters. The third kappa shape index (κ3) is 3.75. The number of anilines is 1. The Labute approximate surface area is 159 Å². The van der Waals surface area contributed by atoms with Crippen LogP contribution in [0.1, 0.15) is 37.2 Å². The van der Waals surface area contributed by atoms with Gasteiger partial charge in [-0.25, -0.2) is 4.98 Å². The van der Waals surface area contributed by atoms with E-state index in [1.165, 1.54) is 19.0 Å². The van der Waals surface area contributed by atoms with Gasteiger partial charge in [-0.15, -0.1) is 0 Å². The molecule has 0 bridgehead atoms. The number of amides is 1. The van der Waals surface area contributed by atoms with Crippen LogP contribution in [0.15, 0.2) is 47.5 Å². The predicted octanol–water partition coefficient (Wildman–Crippen LogP) is 2.39. The summed E-state index contributed by atoms with van der Waals surface area (Å²) in [5.74, 6) is 1.08. The highest BCUT2D eigenvalue weighted by Gasteiger charge is 2.35. The fraction of sp³-hybridized carbons (Fsp3) is 0.476. The molecule has 1 saturated carbocycles. The number of carbonyl (C=O) groups is 1. The lowest BCUT2D eigenvalue weighted by molar-refractivity contribution is -0.134. The zero-order chi connectivity index (χ0) is 18.6. The van der Waals surface area contributed by atoms with Crippen molar-refractivity contribution in [3.8, 4) is 0 Å². The summed E-state index contributed by atoms with van der Waals surface area (Å²) in [6, 6.07) is 10.2. The molecule has 1 aromatic carbocycles. The molecule has 4 rings (SSSR count). The van der Waals surface area contributed by atoms with E-state index in [9.17, 15) is 9.59 Å². The second-order valence-corrected chi connectivity index (χ2v) is 7.49. The van der Waals surface area contributed by atoms with Crippen molar-refractivity contribution in [1.82, 2.24) is 14.9 Å². The Morgan fingerprint density at radius 1 is 1.07 bits per heavy atom. The van der Waals surface area contributed by atoms with E-state index in [2.05, 4.69) is 22.1 Å². The van der Waals surface area contributed by atoms with Crippen molar-refractivity contribution in [3.05, 3.63) is 58.6 Å². The summed E-state index contributed by atoms with van der Waals surface area (Å²) in [6.07, 6.45) is 7.84. The Kier molecular flexibility index (Phi) is 5.23. The zero-order valence-electron chi connectivity index (χ0n) is 15.5. The minimum absolute atomic E-state index is 0.0431. The van der Waals surface area contributed by atoms with Crippen LogP contribution in [0, 0.1) is 5.92 Å². The van der Waals surface area contributed by atoms with Gasteiger partial charge >= 0.3 is 0 Å². The van der Waals surface area contributed by atoms with Crippen LogP contribution in [0.25, 0.3) is 0 Å². The number of nitrogens with zero attached hydrogens (tertiary/aromatic N) is 3. The first-order valence-corrected chi connectivity index (χ1v) is 9.86. The molecule has 27 heavy (non-hydrogen) atoms. The first-order chi connectivity index (χ1) is 13.2. The molecule has 1 aliphatic carbocycles. The van der Waals surface area contributed by atoms with Crippen molar-refractivity contribution in [2.24, 2.45) is 5.92 Å². The van der Waals surface area contributed by atoms with Crippen LogP contribution in [0.2, 0.25) is 0 Å². The molecule has 1 N–H and O–H groups in total. The molecule has 2 fully saturated rings. The first kappa shape index (κ1) is 17.8. The number of aromatic amines is 1. The Bertz CT molecular complexity index is 821. The van der Waals surface area contributed by atoms with E-state index in [4.69, 9.17) is 0 Å². The third-order valence-electron chi connectivity index (χ3n) is 5.88. The minimum atomic E-state index is -0.176. The highest BCUT2D eigenvalue weighted by molar-refractivity contribution is 5.84. The Hall–Kier alpha value is -2.63. The number of H-pyrrole nitrogens is 1. The van der Waals surface area contributed by atoms with E-state index in [0.717, 1.165) is 18.4 Å². The number of nitrogens with one attached hydrogen (secondary N) is 1. The second kappa shape index (κ2) is 7.94. The van der Waals surface area contributed by atoms with Crippen LogP contribution in [-0.4, -0.2) is 47.0 Å². The molecule has 142 valence electrons. The van der Waals surface area contributed by atoms with Gasteiger partial charge in [0.1, 0.15) is 0 Å². The number of carbonyl (C=O) groups excluding carboxylic acids is 1. The summed E-state index contributed by atoms with van der Waals surface area (Å²) >= 11 is 0. The number of hydrogen-bond donors (Lipinski definition) is 1. The highest BCUT2D eigenvalue weighted by atomic mass is 16.2. The molecule has 1 saturated heterocycles. The lowest BCUT2D eigenvalue weighted by atomic mass is 9.83. The average Bonchev–Trinajstić information content (AvgIpc) is 3.24. The lowest BCUT2D eigenvalue weighted by Gasteiger charge is -2.37. The number of aromatic nitrogens is 2. The zero-order valence-corrected chi connectivity index (χ0v) is 15.5. The molecule has 6 nitrogen and oxygen atoms in total. The predicted molar refractivity (Wildman–Crippen MR) is 105 cm³/mol. The van der Waals surface area contributed by atoms with Crippen molar-refractivity contribution in [3.63, 3.8) is 0 Å². The molecule has 1 unspecified atom stereocenters. The molecule has 1 amide bonds. The van der Waals surface area contributed by atoms with Gasteiger partial charge in [-0.1, -0.05) is 43.2 Å². The van der Waals surface area contributed by atoms with E-state index in [-0.39, 0.29) is 17.4 Å². The smallest absolute Gasteiger partial charge is 0.290 e. The average molecular weight is 366 g/mol. The van der Waals surface area contributed by atoms with E-state index in [0.29, 0.717) is 37.9 Å². The van der Waals surface area contributed by atoms with Gasteiger partial charge in [-0.2, -0.15) is 0 Å². The summed E-state index contributed by atoms with van der Waals surface area (Å²) < 4.78 is 0. The largest absolute Gasteiger partial charge is 0.348 e. The van der Waals surface area contributed by atoms with Crippen molar-refractivity contribution in [2.45, 2.75) is 31.6 Å². The van der Waals surface area contributed by atoms with Crippen LogP contribution in [-0.2, 0) is 4.79 Å². The van der Waals surface area contributed by atoms with E-state index in [1.807, 2.05) is 28.0 Å². The van der Waals surface area contributed by atoms with Crippen LogP contribution in [0.3, 0.4) is 0 Å². The Morgan fingerprint density at radius 3 is 2.44 bits per heavy atom. The lowest BCUT2D eigenvalue weighted by Crippen LogP contribution is -2.51. The molecular formula is C21H26N4O2.